The normalized spacial score (nSPS) is 17.1. The number of hydrogen-bond acceptors (Lipinski definition) is 6. The van der Waals surface area contributed by atoms with E-state index >= 15 is 0 Å². The number of nitrogens with zero attached hydrogens (tertiary/aromatic N) is 4. The van der Waals surface area contributed by atoms with Crippen molar-refractivity contribution in [3.63, 3.8) is 0 Å². The van der Waals surface area contributed by atoms with E-state index in [0.29, 0.717) is 6.61 Å². The third-order valence-electron chi connectivity index (χ3n) is 4.84. The maximum Gasteiger partial charge on any atom is 0.218 e. The highest BCUT2D eigenvalue weighted by atomic mass is 32.1. The van der Waals surface area contributed by atoms with E-state index in [0.717, 1.165) is 41.6 Å². The van der Waals surface area contributed by atoms with E-state index in [9.17, 15) is 0 Å². The van der Waals surface area contributed by atoms with Gasteiger partial charge in [0.25, 0.3) is 0 Å². The molecular formula is C18H18N4OS. The molecule has 0 amide bonds. The van der Waals surface area contributed by atoms with E-state index in [-0.39, 0.29) is 0 Å². The standard InChI is InChI=1S/C18H18N4OS/c1-2-6-14-13(5-1)15-16(20-11-21-18(15)24-14)22-8-9-23-17-12(10-22)4-3-7-19-17/h3-4,7,11H,1-2,5-6,8-10H2. The first-order chi connectivity index (χ1) is 11.9. The van der Waals surface area contributed by atoms with Crippen LogP contribution in [0, 0.1) is 0 Å². The molecule has 3 aromatic heterocycles. The van der Waals surface area contributed by atoms with Crippen LogP contribution in [0.5, 0.6) is 5.88 Å². The topological polar surface area (TPSA) is 51.1 Å². The summed E-state index contributed by atoms with van der Waals surface area (Å²) in [5, 5.41) is 1.27. The van der Waals surface area contributed by atoms with Crippen LogP contribution < -0.4 is 9.64 Å². The number of aryl methyl sites for hydroxylation is 2. The number of anilines is 1. The molecule has 1 aliphatic carbocycles. The molecule has 0 bridgehead atoms. The van der Waals surface area contributed by atoms with Crippen LogP contribution in [0.2, 0.25) is 0 Å². The SMILES string of the molecule is c1cnc2c(c1)CN(c1ncnc3sc4c(c13)CCCC4)CCO2. The zero-order valence-electron chi connectivity index (χ0n) is 13.4. The molecule has 5 rings (SSSR count). The van der Waals surface area contributed by atoms with Gasteiger partial charge in [-0.05, 0) is 37.3 Å². The van der Waals surface area contributed by atoms with Gasteiger partial charge in [0.1, 0.15) is 23.6 Å². The fourth-order valence-electron chi connectivity index (χ4n) is 3.71. The molecule has 0 radical (unpaired) electrons. The van der Waals surface area contributed by atoms with Crippen molar-refractivity contribution in [3.05, 3.63) is 40.7 Å². The fraction of sp³-hybridized carbons (Fsp3) is 0.389. The summed E-state index contributed by atoms with van der Waals surface area (Å²) < 4.78 is 5.81. The van der Waals surface area contributed by atoms with Crippen molar-refractivity contribution in [2.45, 2.75) is 32.2 Å². The van der Waals surface area contributed by atoms with Crippen LogP contribution in [0.15, 0.2) is 24.7 Å². The highest BCUT2D eigenvalue weighted by Crippen LogP contribution is 2.39. The number of thiophene rings is 1. The third kappa shape index (κ3) is 2.24. The zero-order chi connectivity index (χ0) is 15.9. The van der Waals surface area contributed by atoms with Crippen LogP contribution in [0.25, 0.3) is 10.2 Å². The third-order valence-corrected chi connectivity index (χ3v) is 6.04. The van der Waals surface area contributed by atoms with Gasteiger partial charge in [-0.15, -0.1) is 11.3 Å². The smallest absolute Gasteiger partial charge is 0.218 e. The molecule has 0 spiro atoms. The van der Waals surface area contributed by atoms with Crippen molar-refractivity contribution < 1.29 is 4.74 Å². The van der Waals surface area contributed by atoms with Gasteiger partial charge < -0.3 is 9.64 Å². The summed E-state index contributed by atoms with van der Waals surface area (Å²) in [7, 11) is 0. The lowest BCUT2D eigenvalue weighted by molar-refractivity contribution is 0.319. The van der Waals surface area contributed by atoms with E-state index in [1.165, 1.54) is 35.1 Å². The second-order valence-corrected chi connectivity index (χ2v) is 7.41. The summed E-state index contributed by atoms with van der Waals surface area (Å²) in [4.78, 5) is 18.5. The highest BCUT2D eigenvalue weighted by Gasteiger charge is 2.24. The van der Waals surface area contributed by atoms with Crippen LogP contribution >= 0.6 is 11.3 Å². The van der Waals surface area contributed by atoms with Gasteiger partial charge >= 0.3 is 0 Å². The summed E-state index contributed by atoms with van der Waals surface area (Å²) in [5.74, 6) is 1.80. The van der Waals surface area contributed by atoms with Crippen molar-refractivity contribution in [3.8, 4) is 5.88 Å². The molecule has 4 heterocycles. The Morgan fingerprint density at radius 1 is 1.12 bits per heavy atom. The van der Waals surface area contributed by atoms with Crippen molar-refractivity contribution in [2.75, 3.05) is 18.1 Å². The second-order valence-electron chi connectivity index (χ2n) is 6.33. The number of hydrogen-bond donors (Lipinski definition) is 0. The van der Waals surface area contributed by atoms with E-state index in [1.807, 2.05) is 17.4 Å². The van der Waals surface area contributed by atoms with Gasteiger partial charge in [0.2, 0.25) is 5.88 Å². The van der Waals surface area contributed by atoms with Crippen LogP contribution in [-0.4, -0.2) is 28.1 Å². The fourth-order valence-corrected chi connectivity index (χ4v) is 4.93. The van der Waals surface area contributed by atoms with E-state index in [2.05, 4.69) is 25.9 Å². The molecule has 3 aromatic rings. The highest BCUT2D eigenvalue weighted by molar-refractivity contribution is 7.19. The lowest BCUT2D eigenvalue weighted by Gasteiger charge is -2.22. The molecule has 0 aromatic carbocycles. The molecule has 0 N–H and O–H groups in total. The Bertz CT molecular complexity index is 907. The van der Waals surface area contributed by atoms with Crippen molar-refractivity contribution in [1.29, 1.82) is 0 Å². The number of ether oxygens (including phenoxy) is 1. The summed E-state index contributed by atoms with van der Waals surface area (Å²) in [6.07, 6.45) is 8.38. The number of aromatic nitrogens is 3. The van der Waals surface area contributed by atoms with E-state index in [1.54, 1.807) is 12.5 Å². The molecular weight excluding hydrogens is 320 g/mol. The average molecular weight is 338 g/mol. The number of pyridine rings is 1. The number of fused-ring (bicyclic) bond motifs is 4. The first kappa shape index (κ1) is 14.2. The lowest BCUT2D eigenvalue weighted by atomic mass is 9.97. The minimum absolute atomic E-state index is 0.627. The average Bonchev–Trinajstić information content (AvgIpc) is 2.87. The summed E-state index contributed by atoms with van der Waals surface area (Å²) in [5.41, 5.74) is 2.60. The predicted octanol–water partition coefficient (Wildman–Crippen LogP) is 3.36. The predicted molar refractivity (Wildman–Crippen MR) is 94.8 cm³/mol. The molecule has 24 heavy (non-hydrogen) atoms. The van der Waals surface area contributed by atoms with Gasteiger partial charge in [-0.25, -0.2) is 15.0 Å². The molecule has 0 fully saturated rings. The van der Waals surface area contributed by atoms with Crippen LogP contribution in [0.3, 0.4) is 0 Å². The molecule has 5 nitrogen and oxygen atoms in total. The molecule has 0 unspecified atom stereocenters. The first-order valence-corrected chi connectivity index (χ1v) is 9.29. The molecule has 0 atom stereocenters. The molecule has 122 valence electrons. The minimum atomic E-state index is 0.627. The van der Waals surface area contributed by atoms with E-state index in [4.69, 9.17) is 4.74 Å². The summed E-state index contributed by atoms with van der Waals surface area (Å²) in [6, 6.07) is 4.05. The Morgan fingerprint density at radius 3 is 3.08 bits per heavy atom. The maximum absolute atomic E-state index is 5.81. The Kier molecular flexibility index (Phi) is 3.36. The van der Waals surface area contributed by atoms with Gasteiger partial charge in [-0.2, -0.15) is 0 Å². The van der Waals surface area contributed by atoms with Crippen molar-refractivity contribution in [1.82, 2.24) is 15.0 Å². The monoisotopic (exact) mass is 338 g/mol. The Balaban J connectivity index is 1.63. The second kappa shape index (κ2) is 5.70. The summed E-state index contributed by atoms with van der Waals surface area (Å²) in [6.45, 7) is 2.22. The summed E-state index contributed by atoms with van der Waals surface area (Å²) >= 11 is 1.85. The zero-order valence-corrected chi connectivity index (χ0v) is 14.2. The quantitative estimate of drug-likeness (QED) is 0.681. The number of rotatable bonds is 1. The lowest BCUT2D eigenvalue weighted by Crippen LogP contribution is -2.26. The largest absolute Gasteiger partial charge is 0.476 e. The Labute approximate surface area is 144 Å². The van der Waals surface area contributed by atoms with Crippen molar-refractivity contribution >= 4 is 27.4 Å². The van der Waals surface area contributed by atoms with Gasteiger partial charge in [0, 0.05) is 23.2 Å². The van der Waals surface area contributed by atoms with Gasteiger partial charge in [0.15, 0.2) is 0 Å². The van der Waals surface area contributed by atoms with Crippen LogP contribution in [0.1, 0.15) is 28.8 Å². The van der Waals surface area contributed by atoms with E-state index < -0.39 is 0 Å². The Morgan fingerprint density at radius 2 is 2.08 bits per heavy atom. The van der Waals surface area contributed by atoms with Crippen LogP contribution in [0.4, 0.5) is 5.82 Å². The molecule has 6 heteroatoms. The molecule has 2 aliphatic rings. The van der Waals surface area contributed by atoms with Crippen molar-refractivity contribution in [2.24, 2.45) is 0 Å². The molecule has 0 saturated heterocycles. The van der Waals surface area contributed by atoms with Gasteiger partial charge in [-0.3, -0.25) is 0 Å². The maximum atomic E-state index is 5.81. The first-order valence-electron chi connectivity index (χ1n) is 8.47. The van der Waals surface area contributed by atoms with Gasteiger partial charge in [-0.1, -0.05) is 6.07 Å². The van der Waals surface area contributed by atoms with Crippen LogP contribution in [-0.2, 0) is 19.4 Å². The molecule has 0 saturated carbocycles. The molecule has 1 aliphatic heterocycles. The Hall–Kier alpha value is -2.21. The van der Waals surface area contributed by atoms with Gasteiger partial charge in [0.05, 0.1) is 11.9 Å². The minimum Gasteiger partial charge on any atom is -0.476 e.